The van der Waals surface area contributed by atoms with Crippen molar-refractivity contribution in [3.63, 3.8) is 0 Å². The zero-order chi connectivity index (χ0) is 17.8. The number of benzene rings is 2. The molecule has 0 radical (unpaired) electrons. The van der Waals surface area contributed by atoms with Gasteiger partial charge in [-0.1, -0.05) is 48.5 Å². The van der Waals surface area contributed by atoms with Crippen molar-refractivity contribution in [3.05, 3.63) is 78.1 Å². The zero-order valence-electron chi connectivity index (χ0n) is 15.0. The number of rotatable bonds is 4. The Labute approximate surface area is 154 Å². The van der Waals surface area contributed by atoms with Crippen molar-refractivity contribution in [2.45, 2.75) is 31.6 Å². The summed E-state index contributed by atoms with van der Waals surface area (Å²) in [6, 6.07) is 18.9. The molecule has 3 aromatic rings. The van der Waals surface area contributed by atoms with Crippen LogP contribution < -0.4 is 0 Å². The van der Waals surface area contributed by atoms with Gasteiger partial charge in [0.25, 0.3) is 0 Å². The van der Waals surface area contributed by atoms with E-state index in [0.29, 0.717) is 12.3 Å². The van der Waals surface area contributed by atoms with Crippen LogP contribution in [0.5, 0.6) is 0 Å². The van der Waals surface area contributed by atoms with Crippen molar-refractivity contribution in [3.8, 4) is 0 Å². The molecular formula is C23H24N2O. The number of carbonyl (C=O) groups excluding carboxylic acids is 1. The maximum absolute atomic E-state index is 12.7. The molecule has 0 aliphatic carbocycles. The van der Waals surface area contributed by atoms with Crippen molar-refractivity contribution in [2.24, 2.45) is 0 Å². The van der Waals surface area contributed by atoms with E-state index in [1.54, 1.807) is 0 Å². The molecule has 0 bridgehead atoms. The summed E-state index contributed by atoms with van der Waals surface area (Å²) < 4.78 is 0. The van der Waals surface area contributed by atoms with Crippen LogP contribution in [0, 0.1) is 0 Å². The molecule has 0 atom stereocenters. The SMILES string of the molecule is O=C(CCc1cccc2ccccc12)N1CCC(c2cccnc2)CC1. The van der Waals surface area contributed by atoms with Crippen LogP contribution in [0.25, 0.3) is 10.8 Å². The van der Waals surface area contributed by atoms with Gasteiger partial charge in [0.2, 0.25) is 5.91 Å². The lowest BCUT2D eigenvalue weighted by molar-refractivity contribution is -0.132. The van der Waals surface area contributed by atoms with E-state index in [9.17, 15) is 4.79 Å². The normalized spacial score (nSPS) is 15.3. The summed E-state index contributed by atoms with van der Waals surface area (Å²) in [5.41, 5.74) is 2.57. The number of aromatic nitrogens is 1. The van der Waals surface area contributed by atoms with Crippen LogP contribution in [0.1, 0.15) is 36.3 Å². The number of likely N-dealkylation sites (tertiary alicyclic amines) is 1. The molecule has 0 N–H and O–H groups in total. The maximum atomic E-state index is 12.7. The summed E-state index contributed by atoms with van der Waals surface area (Å²) in [7, 11) is 0. The average Bonchev–Trinajstić information content (AvgIpc) is 2.73. The van der Waals surface area contributed by atoms with E-state index in [2.05, 4.69) is 53.5 Å². The summed E-state index contributed by atoms with van der Waals surface area (Å²) in [5, 5.41) is 2.51. The van der Waals surface area contributed by atoms with Crippen LogP contribution in [-0.2, 0) is 11.2 Å². The quantitative estimate of drug-likeness (QED) is 0.694. The second kappa shape index (κ2) is 7.69. The summed E-state index contributed by atoms with van der Waals surface area (Å²) in [4.78, 5) is 18.9. The lowest BCUT2D eigenvalue weighted by Gasteiger charge is -2.32. The fourth-order valence-electron chi connectivity index (χ4n) is 3.99. The molecule has 3 nitrogen and oxygen atoms in total. The summed E-state index contributed by atoms with van der Waals surface area (Å²) in [6.45, 7) is 1.71. The van der Waals surface area contributed by atoms with Crippen LogP contribution >= 0.6 is 0 Å². The lowest BCUT2D eigenvalue weighted by Crippen LogP contribution is -2.38. The third kappa shape index (κ3) is 3.62. The number of nitrogens with zero attached hydrogens (tertiary/aromatic N) is 2. The van der Waals surface area contributed by atoms with Crippen LogP contribution in [-0.4, -0.2) is 28.9 Å². The van der Waals surface area contributed by atoms with Gasteiger partial charge in [-0.25, -0.2) is 0 Å². The van der Waals surface area contributed by atoms with Crippen LogP contribution in [0.2, 0.25) is 0 Å². The molecule has 2 heterocycles. The molecule has 0 spiro atoms. The Balaban J connectivity index is 1.34. The second-order valence-corrected chi connectivity index (χ2v) is 7.08. The number of carbonyl (C=O) groups is 1. The summed E-state index contributed by atoms with van der Waals surface area (Å²) in [5.74, 6) is 0.813. The Morgan fingerprint density at radius 3 is 2.62 bits per heavy atom. The summed E-state index contributed by atoms with van der Waals surface area (Å²) >= 11 is 0. The first-order valence-corrected chi connectivity index (χ1v) is 9.45. The van der Waals surface area contributed by atoms with Gasteiger partial charge in [-0.3, -0.25) is 9.78 Å². The molecule has 1 fully saturated rings. The van der Waals surface area contributed by atoms with Gasteiger partial charge in [0, 0.05) is 31.9 Å². The molecular weight excluding hydrogens is 320 g/mol. The van der Waals surface area contributed by atoms with E-state index in [-0.39, 0.29) is 5.91 Å². The van der Waals surface area contributed by atoms with Gasteiger partial charge in [-0.15, -0.1) is 0 Å². The monoisotopic (exact) mass is 344 g/mol. The predicted molar refractivity (Wildman–Crippen MR) is 105 cm³/mol. The van der Waals surface area contributed by atoms with E-state index in [1.165, 1.54) is 21.9 Å². The molecule has 0 unspecified atom stereocenters. The first-order chi connectivity index (χ1) is 12.8. The zero-order valence-corrected chi connectivity index (χ0v) is 15.0. The van der Waals surface area contributed by atoms with Gasteiger partial charge >= 0.3 is 0 Å². The molecule has 4 rings (SSSR count). The highest BCUT2D eigenvalue weighted by molar-refractivity contribution is 5.86. The minimum Gasteiger partial charge on any atom is -0.343 e. The molecule has 1 amide bonds. The Morgan fingerprint density at radius 2 is 1.81 bits per heavy atom. The molecule has 0 saturated carbocycles. The van der Waals surface area contributed by atoms with Crippen molar-refractivity contribution in [2.75, 3.05) is 13.1 Å². The molecule has 26 heavy (non-hydrogen) atoms. The number of hydrogen-bond acceptors (Lipinski definition) is 2. The Morgan fingerprint density at radius 1 is 1.00 bits per heavy atom. The number of fused-ring (bicyclic) bond motifs is 1. The van der Waals surface area contributed by atoms with Gasteiger partial charge in [-0.05, 0) is 53.1 Å². The number of hydrogen-bond donors (Lipinski definition) is 0. The van der Waals surface area contributed by atoms with Gasteiger partial charge in [0.15, 0.2) is 0 Å². The maximum Gasteiger partial charge on any atom is 0.222 e. The highest BCUT2D eigenvalue weighted by Gasteiger charge is 2.23. The highest BCUT2D eigenvalue weighted by atomic mass is 16.2. The lowest BCUT2D eigenvalue weighted by atomic mass is 9.90. The predicted octanol–water partition coefficient (Wildman–Crippen LogP) is 4.57. The summed E-state index contributed by atoms with van der Waals surface area (Å²) in [6.07, 6.45) is 7.24. The third-order valence-corrected chi connectivity index (χ3v) is 5.49. The Kier molecular flexibility index (Phi) is 4.96. The molecule has 1 aliphatic heterocycles. The van der Waals surface area contributed by atoms with E-state index in [1.807, 2.05) is 23.4 Å². The van der Waals surface area contributed by atoms with Crippen LogP contribution in [0.3, 0.4) is 0 Å². The highest BCUT2D eigenvalue weighted by Crippen LogP contribution is 2.28. The average molecular weight is 344 g/mol. The standard InChI is InChI=1S/C23H24N2O/c26-23(11-10-20-7-3-6-19-5-1-2-9-22(19)20)25-15-12-18(13-16-25)21-8-4-14-24-17-21/h1-9,14,17-18H,10-13,15-16H2. The second-order valence-electron chi connectivity index (χ2n) is 7.08. The van der Waals surface area contributed by atoms with E-state index < -0.39 is 0 Å². The largest absolute Gasteiger partial charge is 0.343 e. The van der Waals surface area contributed by atoms with Gasteiger partial charge < -0.3 is 4.90 Å². The molecule has 1 aromatic heterocycles. The van der Waals surface area contributed by atoms with Crippen molar-refractivity contribution < 1.29 is 4.79 Å². The minimum absolute atomic E-state index is 0.280. The first-order valence-electron chi connectivity index (χ1n) is 9.45. The topological polar surface area (TPSA) is 33.2 Å². The van der Waals surface area contributed by atoms with Gasteiger partial charge in [0.05, 0.1) is 0 Å². The van der Waals surface area contributed by atoms with Crippen molar-refractivity contribution >= 4 is 16.7 Å². The van der Waals surface area contributed by atoms with Crippen LogP contribution in [0.4, 0.5) is 0 Å². The van der Waals surface area contributed by atoms with Crippen molar-refractivity contribution in [1.82, 2.24) is 9.88 Å². The smallest absolute Gasteiger partial charge is 0.222 e. The molecule has 132 valence electrons. The van der Waals surface area contributed by atoms with Crippen LogP contribution in [0.15, 0.2) is 67.0 Å². The number of pyridine rings is 1. The molecule has 1 aliphatic rings. The van der Waals surface area contributed by atoms with E-state index in [4.69, 9.17) is 0 Å². The molecule has 3 heteroatoms. The third-order valence-electron chi connectivity index (χ3n) is 5.49. The van der Waals surface area contributed by atoms with Crippen molar-refractivity contribution in [1.29, 1.82) is 0 Å². The van der Waals surface area contributed by atoms with Gasteiger partial charge in [0.1, 0.15) is 0 Å². The molecule has 2 aromatic carbocycles. The first kappa shape index (κ1) is 16.8. The number of aryl methyl sites for hydroxylation is 1. The molecule has 1 saturated heterocycles. The minimum atomic E-state index is 0.280. The fraction of sp³-hybridized carbons (Fsp3) is 0.304. The van der Waals surface area contributed by atoms with E-state index >= 15 is 0 Å². The fourth-order valence-corrected chi connectivity index (χ4v) is 3.99. The Hall–Kier alpha value is -2.68. The number of amides is 1. The number of piperidine rings is 1. The Bertz CT molecular complexity index is 878. The van der Waals surface area contributed by atoms with E-state index in [0.717, 1.165) is 32.4 Å². The van der Waals surface area contributed by atoms with Gasteiger partial charge in [-0.2, -0.15) is 0 Å².